The summed E-state index contributed by atoms with van der Waals surface area (Å²) in [6, 6.07) is 4.07. The molecule has 2 rings (SSSR count). The van der Waals surface area contributed by atoms with Crippen LogP contribution in [0.5, 0.6) is 0 Å². The number of hydrogen-bond acceptors (Lipinski definition) is 2. The minimum absolute atomic E-state index is 0.964. The van der Waals surface area contributed by atoms with Gasteiger partial charge in [-0.25, -0.2) is 4.98 Å². The van der Waals surface area contributed by atoms with Gasteiger partial charge in [-0.1, -0.05) is 17.7 Å². The second kappa shape index (κ2) is 3.44. The van der Waals surface area contributed by atoms with Gasteiger partial charge in [0.2, 0.25) is 0 Å². The summed E-state index contributed by atoms with van der Waals surface area (Å²) in [7, 11) is 0. The summed E-state index contributed by atoms with van der Waals surface area (Å²) in [5, 5.41) is 3.15. The van der Waals surface area contributed by atoms with Crippen molar-refractivity contribution >= 4 is 5.82 Å². The molecule has 1 N–H and O–H groups in total. The highest BCUT2D eigenvalue weighted by Gasteiger charge is 2.03. The molecule has 13 heavy (non-hydrogen) atoms. The third-order valence-corrected chi connectivity index (χ3v) is 2.06. The molecule has 0 spiro atoms. The van der Waals surface area contributed by atoms with E-state index < -0.39 is 0 Å². The number of nitrogens with zero attached hydrogens (tertiary/aromatic N) is 1. The number of rotatable bonds is 0. The second-order valence-electron chi connectivity index (χ2n) is 3.20. The molecule has 0 saturated heterocycles. The molecule has 2 nitrogen and oxygen atoms in total. The predicted molar refractivity (Wildman–Crippen MR) is 54.5 cm³/mol. The van der Waals surface area contributed by atoms with Crippen LogP contribution in [0.15, 0.2) is 42.3 Å². The van der Waals surface area contributed by atoms with Crippen LogP contribution >= 0.6 is 0 Å². The van der Waals surface area contributed by atoms with E-state index in [2.05, 4.69) is 29.4 Å². The summed E-state index contributed by atoms with van der Waals surface area (Å²) >= 11 is 0. The van der Waals surface area contributed by atoms with Gasteiger partial charge < -0.3 is 5.32 Å². The summed E-state index contributed by atoms with van der Waals surface area (Å²) < 4.78 is 0. The Morgan fingerprint density at radius 1 is 1.46 bits per heavy atom. The zero-order chi connectivity index (χ0) is 9.10. The second-order valence-corrected chi connectivity index (χ2v) is 3.20. The average molecular weight is 172 g/mol. The van der Waals surface area contributed by atoms with Crippen LogP contribution in [0.1, 0.15) is 12.5 Å². The Kier molecular flexibility index (Phi) is 2.13. The first-order valence-electron chi connectivity index (χ1n) is 4.39. The molecule has 1 aromatic rings. The summed E-state index contributed by atoms with van der Waals surface area (Å²) in [6.45, 7) is 2.13. The Balaban J connectivity index is 2.42. The van der Waals surface area contributed by atoms with Crippen molar-refractivity contribution in [2.24, 2.45) is 0 Å². The maximum Gasteiger partial charge on any atom is 0.133 e. The lowest BCUT2D eigenvalue weighted by molar-refractivity contribution is 1.10. The van der Waals surface area contributed by atoms with Crippen molar-refractivity contribution in [2.45, 2.75) is 13.3 Å². The fraction of sp³-hybridized carbons (Fsp3) is 0.182. The van der Waals surface area contributed by atoms with E-state index >= 15 is 0 Å². The fourth-order valence-electron chi connectivity index (χ4n) is 1.41. The topological polar surface area (TPSA) is 24.9 Å². The molecule has 1 aliphatic heterocycles. The monoisotopic (exact) mass is 172 g/mol. The van der Waals surface area contributed by atoms with E-state index in [9.17, 15) is 0 Å². The lowest BCUT2D eigenvalue weighted by atomic mass is 10.1. The normalized spacial score (nSPS) is 21.5. The van der Waals surface area contributed by atoms with Gasteiger partial charge in [0.15, 0.2) is 0 Å². The highest BCUT2D eigenvalue weighted by Crippen LogP contribution is 2.17. The van der Waals surface area contributed by atoms with E-state index in [0.29, 0.717) is 0 Å². The van der Waals surface area contributed by atoms with Gasteiger partial charge in [-0.2, -0.15) is 0 Å². The van der Waals surface area contributed by atoms with Crippen LogP contribution in [0.2, 0.25) is 0 Å². The van der Waals surface area contributed by atoms with Crippen LogP contribution in [-0.2, 0) is 6.42 Å². The van der Waals surface area contributed by atoms with Gasteiger partial charge in [0.1, 0.15) is 5.82 Å². The molecule has 0 amide bonds. The Morgan fingerprint density at radius 2 is 2.38 bits per heavy atom. The number of nitrogens with one attached hydrogen (secondary N) is 1. The van der Waals surface area contributed by atoms with Crippen LogP contribution in [0.4, 0.5) is 5.82 Å². The van der Waals surface area contributed by atoms with Crippen molar-refractivity contribution in [1.82, 2.24) is 4.98 Å². The molecule has 0 unspecified atom stereocenters. The molecular formula is C11H12N2. The largest absolute Gasteiger partial charge is 0.346 e. The first-order valence-corrected chi connectivity index (χ1v) is 4.39. The Morgan fingerprint density at radius 3 is 3.31 bits per heavy atom. The van der Waals surface area contributed by atoms with Crippen LogP contribution in [0.25, 0.3) is 0 Å². The summed E-state index contributed by atoms with van der Waals surface area (Å²) in [5.41, 5.74) is 2.60. The molecule has 0 atom stereocenters. The third kappa shape index (κ3) is 1.78. The number of aromatic nitrogens is 1. The van der Waals surface area contributed by atoms with Gasteiger partial charge in [-0.05, 0) is 31.1 Å². The molecule has 0 aromatic carbocycles. The molecule has 2 heteroatoms. The molecule has 1 aliphatic rings. The zero-order valence-electron chi connectivity index (χ0n) is 7.62. The molecule has 66 valence electrons. The van der Waals surface area contributed by atoms with E-state index in [1.165, 1.54) is 11.1 Å². The van der Waals surface area contributed by atoms with Crippen molar-refractivity contribution in [1.29, 1.82) is 0 Å². The van der Waals surface area contributed by atoms with Gasteiger partial charge in [-0.3, -0.25) is 0 Å². The maximum absolute atomic E-state index is 4.27. The molecule has 0 saturated carbocycles. The molecule has 0 radical (unpaired) electrons. The van der Waals surface area contributed by atoms with Crippen molar-refractivity contribution < 1.29 is 0 Å². The molecule has 0 fully saturated rings. The minimum Gasteiger partial charge on any atom is -0.346 e. The van der Waals surface area contributed by atoms with Gasteiger partial charge in [0.05, 0.1) is 0 Å². The lowest BCUT2D eigenvalue weighted by Crippen LogP contribution is -2.00. The summed E-state index contributed by atoms with van der Waals surface area (Å²) in [5.74, 6) is 0.964. The number of pyridine rings is 1. The van der Waals surface area contributed by atoms with Crippen LogP contribution in [-0.4, -0.2) is 4.98 Å². The first-order chi connectivity index (χ1) is 6.36. The van der Waals surface area contributed by atoms with Crippen molar-refractivity contribution in [2.75, 3.05) is 5.32 Å². The van der Waals surface area contributed by atoms with Gasteiger partial charge >= 0.3 is 0 Å². The smallest absolute Gasteiger partial charge is 0.133 e. The van der Waals surface area contributed by atoms with Crippen LogP contribution in [0.3, 0.4) is 0 Å². The molecule has 0 bridgehead atoms. The van der Waals surface area contributed by atoms with E-state index in [0.717, 1.165) is 12.2 Å². The number of hydrogen-bond donors (Lipinski definition) is 1. The zero-order valence-corrected chi connectivity index (χ0v) is 7.62. The number of allylic oxidation sites excluding steroid dienone is 3. The van der Waals surface area contributed by atoms with Crippen molar-refractivity contribution in [3.63, 3.8) is 0 Å². The van der Waals surface area contributed by atoms with Gasteiger partial charge in [0.25, 0.3) is 0 Å². The Labute approximate surface area is 78.0 Å². The molecule has 1 aromatic heterocycles. The van der Waals surface area contributed by atoms with Gasteiger partial charge in [0, 0.05) is 12.4 Å². The number of anilines is 1. The summed E-state index contributed by atoms with van der Waals surface area (Å²) in [6.07, 6.45) is 8.81. The van der Waals surface area contributed by atoms with E-state index in [4.69, 9.17) is 0 Å². The molecular weight excluding hydrogens is 160 g/mol. The minimum atomic E-state index is 0.964. The van der Waals surface area contributed by atoms with Crippen LogP contribution < -0.4 is 5.32 Å². The highest BCUT2D eigenvalue weighted by atomic mass is 15.0. The van der Waals surface area contributed by atoms with Crippen LogP contribution in [0, 0.1) is 0 Å². The van der Waals surface area contributed by atoms with E-state index in [1.807, 2.05) is 18.3 Å². The average Bonchev–Trinajstić information content (AvgIpc) is 2.11. The third-order valence-electron chi connectivity index (χ3n) is 2.06. The first kappa shape index (κ1) is 8.05. The lowest BCUT2D eigenvalue weighted by Gasteiger charge is -2.09. The Bertz CT molecular complexity index is 364. The maximum atomic E-state index is 4.27. The Hall–Kier alpha value is -1.57. The SMILES string of the molecule is C/C1=C\C=C/Nc2ncccc2C1. The van der Waals surface area contributed by atoms with E-state index in [-0.39, 0.29) is 0 Å². The van der Waals surface area contributed by atoms with E-state index in [1.54, 1.807) is 6.20 Å². The standard InChI is InChI=1S/C11H12N2/c1-9-4-2-6-12-11-10(8-9)5-3-7-13-11/h2-7H,8H2,1H3,(H,12,13)/b6-2-,9-4+. The van der Waals surface area contributed by atoms with Crippen molar-refractivity contribution in [3.8, 4) is 0 Å². The molecule has 0 aliphatic carbocycles. The summed E-state index contributed by atoms with van der Waals surface area (Å²) in [4.78, 5) is 4.27. The van der Waals surface area contributed by atoms with Crippen molar-refractivity contribution in [3.05, 3.63) is 47.8 Å². The predicted octanol–water partition coefficient (Wildman–Crippen LogP) is 2.51. The molecule has 2 heterocycles. The van der Waals surface area contributed by atoms with Gasteiger partial charge in [-0.15, -0.1) is 0 Å². The quantitative estimate of drug-likeness (QED) is 0.650. The highest BCUT2D eigenvalue weighted by molar-refractivity contribution is 5.49. The number of fused-ring (bicyclic) bond motifs is 1. The fourth-order valence-corrected chi connectivity index (χ4v) is 1.41.